The summed E-state index contributed by atoms with van der Waals surface area (Å²) in [7, 11) is 3.51. The predicted octanol–water partition coefficient (Wildman–Crippen LogP) is 6.25. The molecule has 9 heteroatoms. The molecule has 1 heterocycles. The molecular weight excluding hydrogens is 546 g/mol. The van der Waals surface area contributed by atoms with E-state index in [-0.39, 0.29) is 17.4 Å². The number of allylic oxidation sites excluding steroid dienone is 9. The lowest BCUT2D eigenvalue weighted by Crippen LogP contribution is -2.31. The average molecular weight is 600 g/mol. The summed E-state index contributed by atoms with van der Waals surface area (Å²) >= 11 is 1.12. The fourth-order valence-electron chi connectivity index (χ4n) is 3.48. The Bertz CT molecular complexity index is 1060. The number of hydrazone groups is 1. The number of nitrogens with zero attached hydrogens (tertiary/aromatic N) is 4. The Hall–Kier alpha value is -3.14. The maximum atomic E-state index is 12.9. The van der Waals surface area contributed by atoms with E-state index in [0.717, 1.165) is 48.5 Å². The third kappa shape index (κ3) is 14.2. The van der Waals surface area contributed by atoms with Crippen LogP contribution in [0.1, 0.15) is 54.9 Å². The summed E-state index contributed by atoms with van der Waals surface area (Å²) in [4.78, 5) is 28.4. The van der Waals surface area contributed by atoms with E-state index in [2.05, 4.69) is 68.6 Å². The molecular formula is C33H53N5O3S. The molecule has 2 N–H and O–H groups in total. The van der Waals surface area contributed by atoms with Crippen molar-refractivity contribution in [3.05, 3.63) is 83.5 Å². The van der Waals surface area contributed by atoms with E-state index in [1.807, 2.05) is 45.1 Å². The van der Waals surface area contributed by atoms with Crippen molar-refractivity contribution >= 4 is 30.0 Å². The average Bonchev–Trinajstić information content (AvgIpc) is 3.14. The van der Waals surface area contributed by atoms with Crippen LogP contribution in [-0.4, -0.2) is 78.8 Å². The molecule has 8 nitrogen and oxygen atoms in total. The summed E-state index contributed by atoms with van der Waals surface area (Å²) in [6, 6.07) is 0. The quantitative estimate of drug-likeness (QED) is 0.110. The molecule has 0 fully saturated rings. The highest BCUT2D eigenvalue weighted by atomic mass is 32.2. The highest BCUT2D eigenvalue weighted by Crippen LogP contribution is 2.21. The van der Waals surface area contributed by atoms with E-state index in [1.165, 1.54) is 5.01 Å². The van der Waals surface area contributed by atoms with Gasteiger partial charge in [0.1, 0.15) is 0 Å². The number of methoxy groups -OCH3 is 1. The van der Waals surface area contributed by atoms with Gasteiger partial charge in [0, 0.05) is 50.3 Å². The van der Waals surface area contributed by atoms with Crippen LogP contribution in [-0.2, 0) is 14.3 Å². The topological polar surface area (TPSA) is 91.5 Å². The second-order valence-electron chi connectivity index (χ2n) is 9.87. The Morgan fingerprint density at radius 3 is 2.48 bits per heavy atom. The number of hydrogen-bond donors (Lipinski definition) is 1. The van der Waals surface area contributed by atoms with Gasteiger partial charge in [-0.25, -0.2) is 5.01 Å². The molecule has 1 atom stereocenters. The van der Waals surface area contributed by atoms with Gasteiger partial charge in [-0.3, -0.25) is 14.7 Å². The lowest BCUT2D eigenvalue weighted by Gasteiger charge is -2.25. The van der Waals surface area contributed by atoms with Crippen LogP contribution in [0.2, 0.25) is 0 Å². The zero-order valence-corrected chi connectivity index (χ0v) is 28.0. The van der Waals surface area contributed by atoms with Gasteiger partial charge in [0.05, 0.1) is 23.4 Å². The lowest BCUT2D eigenvalue weighted by molar-refractivity contribution is -0.125. The minimum absolute atomic E-state index is 0.0227. The minimum atomic E-state index is -0.113. The van der Waals surface area contributed by atoms with E-state index in [9.17, 15) is 9.59 Å². The van der Waals surface area contributed by atoms with Crippen molar-refractivity contribution in [1.82, 2.24) is 14.8 Å². The Balaban J connectivity index is 0.00000163. The first-order chi connectivity index (χ1) is 20.0. The molecule has 2 aliphatic rings. The Labute approximate surface area is 259 Å². The lowest BCUT2D eigenvalue weighted by atomic mass is 10.0. The zero-order valence-electron chi connectivity index (χ0n) is 27.2. The molecule has 0 aromatic heterocycles. The number of likely N-dealkylation sites (N-methyl/N-ethyl adjacent to an activating group) is 2. The summed E-state index contributed by atoms with van der Waals surface area (Å²) < 4.78 is 5.09. The van der Waals surface area contributed by atoms with Gasteiger partial charge < -0.3 is 14.5 Å². The zero-order chi connectivity index (χ0) is 32.1. The molecule has 2 amide bonds. The van der Waals surface area contributed by atoms with Gasteiger partial charge in [0.15, 0.2) is 0 Å². The van der Waals surface area contributed by atoms with Crippen molar-refractivity contribution in [2.24, 2.45) is 16.2 Å². The van der Waals surface area contributed by atoms with E-state index < -0.39 is 0 Å². The summed E-state index contributed by atoms with van der Waals surface area (Å²) in [5, 5.41) is 11.5. The summed E-state index contributed by atoms with van der Waals surface area (Å²) in [5.74, 6) is -0.136. The number of rotatable bonds is 14. The molecule has 1 unspecified atom stereocenters. The van der Waals surface area contributed by atoms with Gasteiger partial charge in [-0.2, -0.15) is 5.10 Å². The molecule has 0 saturated carbocycles. The summed E-state index contributed by atoms with van der Waals surface area (Å²) in [6.45, 7) is 20.5. The Kier molecular flexibility index (Phi) is 19.9. The number of hydrogen-bond acceptors (Lipinski definition) is 7. The van der Waals surface area contributed by atoms with Crippen molar-refractivity contribution in [3.63, 3.8) is 0 Å². The number of carbonyl (C=O) groups excluding carboxylic acids is 2. The van der Waals surface area contributed by atoms with Gasteiger partial charge in [-0.1, -0.05) is 63.8 Å². The van der Waals surface area contributed by atoms with E-state index >= 15 is 0 Å². The molecule has 0 aromatic carbocycles. The van der Waals surface area contributed by atoms with Crippen molar-refractivity contribution in [3.8, 4) is 0 Å². The number of carbonyl (C=O) groups is 2. The standard InChI is InChI=1S/C25H33N5O2S.C6H14O.C2H6/c1-5-9-23(33-26)12-8-15-30-25(32)24(20(3)27-30)18-21-10-7-11-22(14-13-21)29(6-2)17-16-28(4)19-31;1-5-6(2,3)7-4;1-2/h5,7-14,18-19,21H,1,6,15-17,26H2,2-4H3;5H2,1-4H3;1-2H3/b12-8-,23-9+,24-18-;;. The second kappa shape index (κ2) is 21.5. The van der Waals surface area contributed by atoms with Gasteiger partial charge in [-0.05, 0) is 70.4 Å². The molecule has 1 aliphatic carbocycles. The molecule has 0 radical (unpaired) electrons. The van der Waals surface area contributed by atoms with Crippen LogP contribution in [0.5, 0.6) is 0 Å². The van der Waals surface area contributed by atoms with E-state index in [1.54, 1.807) is 31.2 Å². The van der Waals surface area contributed by atoms with Crippen molar-refractivity contribution in [2.75, 3.05) is 40.3 Å². The summed E-state index contributed by atoms with van der Waals surface area (Å²) in [5.41, 5.74) is 2.47. The van der Waals surface area contributed by atoms with Crippen molar-refractivity contribution in [2.45, 2.75) is 60.5 Å². The fraction of sp³-hybridized carbons (Fsp3) is 0.485. The molecule has 0 aromatic rings. The predicted molar refractivity (Wildman–Crippen MR) is 181 cm³/mol. The number of ether oxygens (including phenoxy) is 1. The molecule has 1 aliphatic heterocycles. The van der Waals surface area contributed by atoms with Gasteiger partial charge in [0.2, 0.25) is 6.41 Å². The molecule has 234 valence electrons. The Morgan fingerprint density at radius 1 is 1.26 bits per heavy atom. The SMILES string of the molecule is C=C/C=C(\C=C/CN1N=C(C)/C(=C/C2C=CC=C(N(CC)CCN(C)C=O)C=C2)C1=O)SN.CC.CCC(C)(C)OC. The van der Waals surface area contributed by atoms with Crippen LogP contribution in [0.3, 0.4) is 0 Å². The smallest absolute Gasteiger partial charge is 0.275 e. The van der Waals surface area contributed by atoms with Crippen LogP contribution in [0.4, 0.5) is 0 Å². The van der Waals surface area contributed by atoms with Crippen LogP contribution in [0.15, 0.2) is 88.6 Å². The van der Waals surface area contributed by atoms with Crippen molar-refractivity contribution in [1.29, 1.82) is 0 Å². The van der Waals surface area contributed by atoms with Crippen LogP contribution in [0.25, 0.3) is 0 Å². The summed E-state index contributed by atoms with van der Waals surface area (Å²) in [6.07, 6.45) is 21.3. The Morgan fingerprint density at radius 2 is 1.95 bits per heavy atom. The molecule has 42 heavy (non-hydrogen) atoms. The van der Waals surface area contributed by atoms with Crippen LogP contribution < -0.4 is 5.14 Å². The first kappa shape index (κ1) is 38.9. The largest absolute Gasteiger partial charge is 0.379 e. The molecule has 0 spiro atoms. The molecule has 0 bridgehead atoms. The maximum Gasteiger partial charge on any atom is 0.275 e. The van der Waals surface area contributed by atoms with E-state index in [4.69, 9.17) is 9.88 Å². The van der Waals surface area contributed by atoms with Crippen LogP contribution in [0, 0.1) is 5.92 Å². The highest BCUT2D eigenvalue weighted by Gasteiger charge is 2.27. The third-order valence-corrected chi connectivity index (χ3v) is 7.15. The monoisotopic (exact) mass is 599 g/mol. The minimum Gasteiger partial charge on any atom is -0.379 e. The molecule has 2 rings (SSSR count). The highest BCUT2D eigenvalue weighted by molar-refractivity contribution is 8.01. The first-order valence-electron chi connectivity index (χ1n) is 14.5. The second-order valence-corrected chi connectivity index (χ2v) is 10.6. The van der Waals surface area contributed by atoms with E-state index in [0.29, 0.717) is 24.4 Å². The van der Waals surface area contributed by atoms with Crippen molar-refractivity contribution < 1.29 is 14.3 Å². The van der Waals surface area contributed by atoms with Gasteiger partial charge >= 0.3 is 0 Å². The van der Waals surface area contributed by atoms with Gasteiger partial charge in [-0.15, -0.1) is 0 Å². The first-order valence-corrected chi connectivity index (χ1v) is 15.4. The maximum absolute atomic E-state index is 12.9. The third-order valence-electron chi connectivity index (χ3n) is 6.61. The van der Waals surface area contributed by atoms with Gasteiger partial charge in [0.25, 0.3) is 5.91 Å². The van der Waals surface area contributed by atoms with Crippen LogP contribution >= 0.6 is 11.9 Å². The number of nitrogens with two attached hydrogens (primary N) is 1. The number of amides is 2. The normalized spacial score (nSPS) is 17.6. The fourth-order valence-corrected chi connectivity index (χ4v) is 3.83. The molecule has 0 saturated heterocycles.